The first-order valence-corrected chi connectivity index (χ1v) is 20.9. The topological polar surface area (TPSA) is 141 Å². The number of aliphatic hydroxyl groups is 1. The van der Waals surface area contributed by atoms with Crippen LogP contribution in [0.1, 0.15) is 60.1 Å². The Balaban J connectivity index is 1.44. The van der Waals surface area contributed by atoms with Crippen LogP contribution >= 0.6 is 17.1 Å². The molecule has 228 valence electrons. The monoisotopic (exact) mass is 644 g/mol. The Morgan fingerprint density at radius 2 is 2.15 bits per heavy atom. The van der Waals surface area contributed by atoms with Gasteiger partial charge in [0.2, 0.25) is 5.69 Å². The molecule has 3 aliphatic rings. The van der Waals surface area contributed by atoms with Crippen molar-refractivity contribution in [2.75, 3.05) is 6.61 Å². The van der Waals surface area contributed by atoms with Crippen molar-refractivity contribution in [2.45, 2.75) is 107 Å². The van der Waals surface area contributed by atoms with Crippen molar-refractivity contribution in [3.05, 3.63) is 28.8 Å². The highest BCUT2D eigenvalue weighted by Crippen LogP contribution is 2.76. The lowest BCUT2D eigenvalue weighted by Crippen LogP contribution is -2.45. The van der Waals surface area contributed by atoms with Crippen molar-refractivity contribution in [1.29, 1.82) is 0 Å². The molecule has 15 heteroatoms. The molecule has 3 fully saturated rings. The minimum absolute atomic E-state index is 0.0167. The summed E-state index contributed by atoms with van der Waals surface area (Å²) in [4.78, 5) is 22.7. The number of hydrogen-bond acceptors (Lipinski definition) is 11. The van der Waals surface area contributed by atoms with Crippen LogP contribution in [0.3, 0.4) is 0 Å². The van der Waals surface area contributed by atoms with Gasteiger partial charge in [-0.1, -0.05) is 44.3 Å². The van der Waals surface area contributed by atoms with E-state index in [1.54, 1.807) is 11.4 Å². The van der Waals surface area contributed by atoms with Gasteiger partial charge in [0.15, 0.2) is 25.7 Å². The van der Waals surface area contributed by atoms with Crippen LogP contribution in [0, 0.1) is 5.92 Å². The fraction of sp³-hybridized carbons (Fsp3) is 0.731. The van der Waals surface area contributed by atoms with E-state index in [4.69, 9.17) is 30.0 Å². The van der Waals surface area contributed by atoms with Crippen molar-refractivity contribution in [1.82, 2.24) is 19.5 Å². The quantitative estimate of drug-likeness (QED) is 0.213. The van der Waals surface area contributed by atoms with Crippen LogP contribution in [0.2, 0.25) is 18.1 Å². The molecule has 4 heterocycles. The van der Waals surface area contributed by atoms with Crippen LogP contribution in [0.5, 0.6) is 6.01 Å². The summed E-state index contributed by atoms with van der Waals surface area (Å²) in [6.45, 7) is 19.3. The average molecular weight is 645 g/mol. The van der Waals surface area contributed by atoms with E-state index in [0.29, 0.717) is 5.92 Å². The maximum atomic E-state index is 12.3. The molecule has 0 bridgehead atoms. The lowest BCUT2D eigenvalue weighted by molar-refractivity contribution is -0.0486. The largest absolute Gasteiger partial charge is 0.480 e. The first-order chi connectivity index (χ1) is 18.9. The van der Waals surface area contributed by atoms with Crippen molar-refractivity contribution in [3.8, 4) is 6.01 Å². The minimum Gasteiger partial charge on any atom is -0.480 e. The van der Waals surface area contributed by atoms with E-state index in [-0.39, 0.29) is 33.7 Å². The third kappa shape index (κ3) is 5.88. The molecule has 5 rings (SSSR count). The van der Waals surface area contributed by atoms with Gasteiger partial charge in [-0.05, 0) is 69.0 Å². The average Bonchev–Trinajstić information content (AvgIpc) is 3.47. The summed E-state index contributed by atoms with van der Waals surface area (Å²) < 4.78 is 27.3. The highest BCUT2D eigenvalue weighted by atomic mass is 32.9. The predicted molar refractivity (Wildman–Crippen MR) is 165 cm³/mol. The van der Waals surface area contributed by atoms with Crippen molar-refractivity contribution >= 4 is 48.4 Å². The van der Waals surface area contributed by atoms with Crippen LogP contribution in [0.15, 0.2) is 23.3 Å². The third-order valence-electron chi connectivity index (χ3n) is 9.11. The Morgan fingerprint density at radius 3 is 2.80 bits per heavy atom. The second-order valence-corrected chi connectivity index (χ2v) is 24.5. The summed E-state index contributed by atoms with van der Waals surface area (Å²) in [5.41, 5.74) is -2.23. The van der Waals surface area contributed by atoms with Crippen LogP contribution in [0.25, 0.3) is 11.2 Å². The molecular weight excluding hydrogens is 604 g/mol. The summed E-state index contributed by atoms with van der Waals surface area (Å²) in [6.07, 6.45) is 0.353. The number of nitrogens with zero attached hydrogens (tertiary/aromatic N) is 3. The highest BCUT2D eigenvalue weighted by molar-refractivity contribution is 8.68. The number of aromatic hydroxyl groups is 1. The number of aromatic amines is 1. The predicted octanol–water partition coefficient (Wildman–Crippen LogP) is 4.98. The maximum absolute atomic E-state index is 12.3. The number of nitrogens with one attached hydrogen (secondary N) is 1. The Morgan fingerprint density at radius 1 is 1.44 bits per heavy atom. The van der Waals surface area contributed by atoms with E-state index in [0.717, 1.165) is 24.8 Å². The van der Waals surface area contributed by atoms with Crippen molar-refractivity contribution < 1.29 is 28.4 Å². The molecular formula is C26H41N4O7PS2Si. The molecule has 1 unspecified atom stereocenters. The number of ether oxygens (including phenoxy) is 1. The molecule has 0 amide bonds. The molecule has 0 spiro atoms. The third-order valence-corrected chi connectivity index (χ3v) is 19.4. The number of imidazole rings is 1. The van der Waals surface area contributed by atoms with Crippen LogP contribution in [-0.4, -0.2) is 73.8 Å². The first kappa shape index (κ1) is 31.3. The van der Waals surface area contributed by atoms with E-state index in [9.17, 15) is 15.0 Å². The Labute approximate surface area is 250 Å². The molecule has 2 aromatic rings. The zero-order chi connectivity index (χ0) is 30.1. The number of aromatic nitrogens is 4. The fourth-order valence-corrected chi connectivity index (χ4v) is 14.0. The molecule has 2 saturated heterocycles. The maximum Gasteiger partial charge on any atom is 0.296 e. The molecule has 1 aliphatic carbocycles. The number of allylic oxidation sites excluding steroid dienone is 1. The van der Waals surface area contributed by atoms with E-state index < -0.39 is 50.1 Å². The van der Waals surface area contributed by atoms with E-state index in [1.807, 2.05) is 0 Å². The fourth-order valence-electron chi connectivity index (χ4n) is 5.40. The number of hydrogen-bond donors (Lipinski definition) is 3. The lowest BCUT2D eigenvalue weighted by Gasteiger charge is -2.37. The van der Waals surface area contributed by atoms with Crippen molar-refractivity contribution in [3.63, 3.8) is 0 Å². The molecule has 0 aromatic carbocycles. The van der Waals surface area contributed by atoms with Gasteiger partial charge in [-0.25, -0.2) is 4.98 Å². The molecule has 0 radical (unpaired) electrons. The van der Waals surface area contributed by atoms with Gasteiger partial charge in [-0.15, -0.1) is 0 Å². The minimum atomic E-state index is -2.88. The standard InChI is InChI=1S/C26H41N4O7PS2Si/c1-14(2)15-9-10-26(6)17(11-15)36-38(39,40-26)37-20-16(12-34-41(7,8)25(3,4)5)35-23(19(20)31)30-13-27-18-21(30)28-24(33)29-22(18)32/h13,15-17,19-20,23,31H,1,9-12H2,2-8H3,(H2,28,29,32,33)/t15-,16-,17+,19-,20-,23-,26+,38?/m1/s1. The second kappa shape index (κ2) is 10.8. The molecule has 2 aromatic heterocycles. The summed E-state index contributed by atoms with van der Waals surface area (Å²) in [5, 5.41) is 21.6. The SMILES string of the molecule is C=C(C)[C@@H]1CC[C@]2(C)SP(=S)(O[C@H]3[C@@H](O)[C@H](n4cnc5c(=O)[nH]c(O)nc54)O[C@@H]3CO[Si](C)(C)C(C)(C)C)O[C@H]2C1. The van der Waals surface area contributed by atoms with Gasteiger partial charge in [0.25, 0.3) is 11.6 Å². The molecule has 3 N–H and O–H groups in total. The molecule has 11 nitrogen and oxygen atoms in total. The zero-order valence-corrected chi connectivity index (χ0v) is 28.1. The molecule has 1 saturated carbocycles. The molecule has 41 heavy (non-hydrogen) atoms. The van der Waals surface area contributed by atoms with E-state index >= 15 is 0 Å². The van der Waals surface area contributed by atoms with Crippen LogP contribution in [-0.2, 0) is 30.0 Å². The van der Waals surface area contributed by atoms with Gasteiger partial charge in [0.1, 0.15) is 18.3 Å². The van der Waals surface area contributed by atoms with Crippen molar-refractivity contribution in [2.24, 2.45) is 5.92 Å². The Bertz CT molecular complexity index is 1450. The molecule has 8 atom stereocenters. The number of H-pyrrole nitrogens is 1. The van der Waals surface area contributed by atoms with E-state index in [2.05, 4.69) is 69.2 Å². The van der Waals surface area contributed by atoms with Gasteiger partial charge < -0.3 is 28.4 Å². The van der Waals surface area contributed by atoms with Gasteiger partial charge in [0.05, 0.1) is 19.0 Å². The smallest absolute Gasteiger partial charge is 0.296 e. The van der Waals surface area contributed by atoms with Gasteiger partial charge >= 0.3 is 0 Å². The van der Waals surface area contributed by atoms with Gasteiger partial charge in [0, 0.05) is 4.75 Å². The first-order valence-electron chi connectivity index (χ1n) is 13.9. The zero-order valence-electron chi connectivity index (χ0n) is 24.6. The Hall–Kier alpha value is -1.09. The number of aliphatic hydroxyl groups excluding tert-OH is 1. The van der Waals surface area contributed by atoms with E-state index in [1.165, 1.54) is 10.9 Å². The summed E-state index contributed by atoms with van der Waals surface area (Å²) in [7, 11) is -2.18. The lowest BCUT2D eigenvalue weighted by atomic mass is 9.77. The second-order valence-electron chi connectivity index (χ2n) is 13.2. The van der Waals surface area contributed by atoms with Crippen LogP contribution < -0.4 is 5.56 Å². The Kier molecular flexibility index (Phi) is 8.26. The molecule has 2 aliphatic heterocycles. The summed E-state index contributed by atoms with van der Waals surface area (Å²) in [6, 6.07) is -0.558. The highest BCUT2D eigenvalue weighted by Gasteiger charge is 2.57. The normalized spacial score (nSPS) is 36.1. The van der Waals surface area contributed by atoms with Gasteiger partial charge in [-0.2, -0.15) is 4.98 Å². The number of fused-ring (bicyclic) bond motifs is 2. The summed E-state index contributed by atoms with van der Waals surface area (Å²) >= 11 is 7.65. The summed E-state index contributed by atoms with van der Waals surface area (Å²) in [5.74, 6) is 0.382. The van der Waals surface area contributed by atoms with Crippen LogP contribution in [0.4, 0.5) is 0 Å². The number of rotatable bonds is 7. The van der Waals surface area contributed by atoms with Gasteiger partial charge in [-0.3, -0.25) is 14.3 Å².